The Morgan fingerprint density at radius 2 is 0.984 bits per heavy atom. The number of thiocarbonyl (C=S) groups is 5. The minimum absolute atomic E-state index is 0.00513. The Morgan fingerprint density at radius 3 is 1.49 bits per heavy atom. The highest BCUT2D eigenvalue weighted by molar-refractivity contribution is 7.81. The third-order valence-corrected chi connectivity index (χ3v) is 18.7. The van der Waals surface area contributed by atoms with Crippen molar-refractivity contribution in [3.8, 4) is 23.1 Å². The number of aromatic nitrogens is 2. The van der Waals surface area contributed by atoms with Crippen molar-refractivity contribution in [1.29, 1.82) is 0 Å². The van der Waals surface area contributed by atoms with Gasteiger partial charge in [0.05, 0.1) is 23.9 Å². The van der Waals surface area contributed by atoms with Crippen LogP contribution >= 0.6 is 73.3 Å². The predicted octanol–water partition coefficient (Wildman–Crippen LogP) is 8.43. The van der Waals surface area contributed by atoms with Gasteiger partial charge in [0.1, 0.15) is 44.9 Å². The van der Waals surface area contributed by atoms with Crippen molar-refractivity contribution in [2.45, 2.75) is 34.1 Å². The summed E-state index contributed by atoms with van der Waals surface area (Å²) in [5.74, 6) is -4.52. The summed E-state index contributed by atoms with van der Waals surface area (Å²) in [6.07, 6.45) is 26.2. The number of allylic oxidation sites excluding steroid dienone is 7. The minimum atomic E-state index is -0.613. The second-order valence-electron chi connectivity index (χ2n) is 25.5. The Hall–Kier alpha value is -14.6. The Labute approximate surface area is 736 Å². The van der Waals surface area contributed by atoms with Gasteiger partial charge in [-0.1, -0.05) is 134 Å². The van der Waals surface area contributed by atoms with Gasteiger partial charge in [0.2, 0.25) is 5.88 Å². The number of benzene rings is 5. The summed E-state index contributed by atoms with van der Waals surface area (Å²) >= 11 is 29.1. The molecule has 5 aromatic carbocycles. The maximum atomic E-state index is 12.2. The van der Waals surface area contributed by atoms with E-state index in [9.17, 15) is 68.1 Å². The summed E-state index contributed by atoms with van der Waals surface area (Å²) in [4.78, 5) is 146. The van der Waals surface area contributed by atoms with Crippen LogP contribution in [0.2, 0.25) is 0 Å². The summed E-state index contributed by atoms with van der Waals surface area (Å²) < 4.78 is 11.0. The lowest BCUT2D eigenvalue weighted by molar-refractivity contribution is -0.130. The Balaban J connectivity index is 0.000000184. The Morgan fingerprint density at radius 1 is 0.488 bits per heavy atom. The zero-order valence-electron chi connectivity index (χ0n) is 66.1. The average Bonchev–Trinajstić information content (AvgIpc) is 1.74. The van der Waals surface area contributed by atoms with E-state index in [1.807, 2.05) is 122 Å². The number of anilines is 1. The van der Waals surface area contributed by atoms with Gasteiger partial charge in [-0.2, -0.15) is 0 Å². The van der Waals surface area contributed by atoms with E-state index in [2.05, 4.69) is 84.1 Å². The number of rotatable bonds is 20. The molecular weight excluding hydrogens is 1690 g/mol. The van der Waals surface area contributed by atoms with Gasteiger partial charge >= 0.3 is 0 Å². The predicted molar refractivity (Wildman–Crippen MR) is 489 cm³/mol. The van der Waals surface area contributed by atoms with Crippen LogP contribution in [0.25, 0.3) is 42.5 Å². The number of H-pyrrole nitrogens is 2. The van der Waals surface area contributed by atoms with E-state index in [1.165, 1.54) is 75.4 Å². The largest absolute Gasteiger partial charge is 0.504 e. The molecule has 0 aliphatic carbocycles. The number of phenols is 2. The molecule has 5 fully saturated rings. The molecule has 0 saturated carbocycles. The lowest BCUT2D eigenvalue weighted by Gasteiger charge is -2.27. The van der Waals surface area contributed by atoms with Crippen LogP contribution in [0.5, 0.6) is 23.1 Å². The van der Waals surface area contributed by atoms with Gasteiger partial charge in [-0.15, -0.1) is 13.2 Å². The number of likely N-dealkylation sites (N-methyl/N-ethyl adjacent to an activating group) is 1. The molecule has 630 valence electrons. The third kappa shape index (κ3) is 26.7. The summed E-state index contributed by atoms with van der Waals surface area (Å²) in [5.41, 5.74) is 4.38. The van der Waals surface area contributed by atoms with Crippen LogP contribution in [-0.2, 0) is 47.9 Å². The van der Waals surface area contributed by atoms with E-state index in [1.54, 1.807) is 61.8 Å². The average molecular weight is 1770 g/mol. The van der Waals surface area contributed by atoms with Crippen molar-refractivity contribution < 1.29 is 72.4 Å². The van der Waals surface area contributed by atoms with E-state index in [-0.39, 0.29) is 100 Å². The van der Waals surface area contributed by atoms with Crippen molar-refractivity contribution in [3.05, 3.63) is 294 Å². The molecule has 7 aromatic rings. The smallest absolute Gasteiger partial charge is 0.265 e. The molecule has 2 aromatic heterocycles. The molecule has 123 heavy (non-hydrogen) atoms. The van der Waals surface area contributed by atoms with Gasteiger partial charge < -0.3 is 34.4 Å². The molecule has 30 nitrogen and oxygen atoms in total. The van der Waals surface area contributed by atoms with Crippen molar-refractivity contribution >= 4 is 206 Å². The maximum Gasteiger partial charge on any atom is 0.265 e. The van der Waals surface area contributed by atoms with E-state index < -0.39 is 58.7 Å². The van der Waals surface area contributed by atoms with Crippen LogP contribution in [0.1, 0.15) is 67.7 Å². The Bertz CT molecular complexity index is 5860. The van der Waals surface area contributed by atoms with E-state index >= 15 is 0 Å². The van der Waals surface area contributed by atoms with Gasteiger partial charge in [0, 0.05) is 55.3 Å². The number of hydrogen-bond donors (Lipinski definition) is 12. The van der Waals surface area contributed by atoms with E-state index in [4.69, 9.17) is 82.5 Å². The van der Waals surface area contributed by atoms with Gasteiger partial charge in [-0.3, -0.25) is 110 Å². The lowest BCUT2D eigenvalue weighted by atomic mass is 10.1. The van der Waals surface area contributed by atoms with Crippen LogP contribution < -0.4 is 63.0 Å². The fraction of sp³-hybridized carbons (Fsp3) is 0.126. The van der Waals surface area contributed by atoms with Crippen LogP contribution in [0.4, 0.5) is 5.69 Å². The van der Waals surface area contributed by atoms with Crippen LogP contribution in [0, 0.1) is 4.77 Å². The van der Waals surface area contributed by atoms with Crippen LogP contribution in [-0.4, -0.2) is 164 Å². The molecular formula is C87H80N14O16S6. The van der Waals surface area contributed by atoms with Crippen LogP contribution in [0.15, 0.2) is 249 Å². The number of amides is 10. The maximum absolute atomic E-state index is 12.2. The van der Waals surface area contributed by atoms with Crippen molar-refractivity contribution in [3.63, 3.8) is 0 Å². The molecule has 0 unspecified atom stereocenters. The topological polar surface area (TPSA) is 412 Å². The van der Waals surface area contributed by atoms with Crippen molar-refractivity contribution in [2.24, 2.45) is 4.99 Å². The highest BCUT2D eigenvalue weighted by Crippen LogP contribution is 2.30. The summed E-state index contributed by atoms with van der Waals surface area (Å²) in [6.45, 7) is 18.3. The molecule has 0 atom stereocenters. The minimum Gasteiger partial charge on any atom is -0.504 e. The molecule has 12 N–H and O–H groups in total. The molecule has 36 heteroatoms. The SMILES string of the molecule is C=CCN1C(=O)/C(=C/C=C/c2ccccc2)C(=O)NC1=S.C=CCN1C(=O)/C(=C\c2ccc(O)c(O)c2)C(=O)NC1=S.CCCOc1cc(N(CC)CC)ccc1C=C1C(=O)NC(=S)NC1=O.CCN1C(=O)/C(=C\C=C\c2ccco2)C(=O)NC1=S.O=C1NC(=S)NC(=O)C1=C/C=C/c1ccccc1.O=c1[nH]c(=S)[nH]c(O)c1C=C1C=c2ccccc2=N1. The number of nitrogens with zero attached hydrogens (tertiary/aromatic N) is 5. The van der Waals surface area contributed by atoms with Crippen molar-refractivity contribution in [1.82, 2.24) is 61.9 Å². The monoisotopic (exact) mass is 1770 g/mol. The number of hydrogen-bond acceptors (Lipinski definition) is 24. The number of ether oxygens (including phenoxy) is 1. The molecule has 10 amide bonds. The number of phenolic OH excluding ortho intramolecular Hbond substituents is 2. The van der Waals surface area contributed by atoms with Gasteiger partial charge in [0.25, 0.3) is 64.6 Å². The molecule has 6 aliphatic heterocycles. The summed E-state index contributed by atoms with van der Waals surface area (Å²) in [6, 6.07) is 40.1. The third-order valence-electron chi connectivity index (χ3n) is 17.1. The first-order chi connectivity index (χ1) is 59.0. The quantitative estimate of drug-likeness (QED) is 0.0112. The second kappa shape index (κ2) is 46.1. The number of fused-ring (bicyclic) bond motifs is 1. The molecule has 13 rings (SSSR count). The highest BCUT2D eigenvalue weighted by atomic mass is 32.1. The molecule has 0 radical (unpaired) electrons. The second-order valence-corrected chi connectivity index (χ2v) is 27.9. The summed E-state index contributed by atoms with van der Waals surface area (Å²) in [5, 5.41) is 47.5. The number of carbonyl (C=O) groups excluding carboxylic acids is 10. The fourth-order valence-electron chi connectivity index (χ4n) is 11.1. The van der Waals surface area contributed by atoms with Gasteiger partial charge in [-0.05, 0) is 208 Å². The molecule has 8 heterocycles. The van der Waals surface area contributed by atoms with Crippen LogP contribution in [0.3, 0.4) is 0 Å². The lowest BCUT2D eigenvalue weighted by Crippen LogP contribution is -2.53. The zero-order chi connectivity index (χ0) is 89.4. The zero-order valence-corrected chi connectivity index (χ0v) is 71.0. The number of carbonyl (C=O) groups is 10. The fourth-order valence-corrected chi connectivity index (χ4v) is 12.5. The number of para-hydroxylation sites is 1. The number of furan rings is 1. The molecule has 5 saturated heterocycles. The highest BCUT2D eigenvalue weighted by Gasteiger charge is 2.35. The normalized spacial score (nSPS) is 16.2. The van der Waals surface area contributed by atoms with Gasteiger partial charge in [0.15, 0.2) is 41.8 Å². The number of aromatic amines is 2. The standard InChI is InChI=1S/C18H23N3O3S.C16H14N2O2S.C14H12N2O4S.C13H9N3O2S.C13H12N2O3S.C13H10N2O2S/c1-4-9-24-15-11-13(21(5-2)6-3)8-7-12(15)10-14-16(22)19-18(25)20-17(14)23;1-2-11-18-15(20)13(14(19)17-16(18)21)10-6-9-12-7-4-3-5-8-12;1-2-5-16-13(20)9(12(19)15-14(16)21)6-8-3-4-10(17)11(18)7-8;17-11-9(12(18)16-13(19)15-11)6-8-5-7-3-1-2-4-10(7)14-8;1-2-15-12(17)10(11(16)14-13(15)19)7-3-5-9-6-4-8-18-9;16-11-10(12(17)15-13(18)14-11)8-4-7-9-5-2-1-3-6-9/h7-8,10-11H,4-6,9H2,1-3H3,(H2,19,20,22,23,25);2-10H,1,11H2,(H,17,19,21);2-4,6-7,17-18H,1,5H2,(H,15,19,21);1-6H,(H3,15,16,17,18,19);3-8H,2H2,1H3,(H,14,16,19);1-8H,(H2,14,15,16,17,18)/b;9-6+,13-10+;9-6-;;5-3+,10-7-;7-4+. The molecule has 0 bridgehead atoms. The molecule has 6 aliphatic rings. The number of nitrogens with one attached hydrogen (secondary N) is 9. The first kappa shape index (κ1) is 93.9. The van der Waals surface area contributed by atoms with E-state index in [0.29, 0.717) is 41.5 Å². The van der Waals surface area contributed by atoms with Gasteiger partial charge in [-0.25, -0.2) is 4.99 Å². The van der Waals surface area contributed by atoms with Crippen molar-refractivity contribution in [2.75, 3.05) is 44.2 Å². The first-order valence-corrected chi connectivity index (χ1v) is 39.7. The van der Waals surface area contributed by atoms with E-state index in [0.717, 1.165) is 46.9 Å². The Kier molecular flexibility index (Phi) is 35.2. The molecule has 0 spiro atoms. The number of aromatic hydroxyl groups is 3. The summed E-state index contributed by atoms with van der Waals surface area (Å²) in [7, 11) is 0. The first-order valence-electron chi connectivity index (χ1n) is 37.3.